The molecule has 6 nitrogen and oxygen atoms in total. The number of halogens is 1. The van der Waals surface area contributed by atoms with E-state index >= 15 is 0 Å². The van der Waals surface area contributed by atoms with Crippen molar-refractivity contribution in [2.75, 3.05) is 6.54 Å². The molecule has 1 aromatic rings. The number of hydrazine groups is 1. The molecule has 0 unspecified atom stereocenters. The van der Waals surface area contributed by atoms with E-state index in [2.05, 4.69) is 35.1 Å². The predicted molar refractivity (Wildman–Crippen MR) is 78.6 cm³/mol. The fraction of sp³-hybridized carbons (Fsp3) is 0.545. The van der Waals surface area contributed by atoms with Crippen molar-refractivity contribution in [3.05, 3.63) is 17.4 Å². The molecule has 1 aromatic heterocycles. The third-order valence-electron chi connectivity index (χ3n) is 2.16. The molecule has 0 bridgehead atoms. The maximum absolute atomic E-state index is 11.5. The average molecular weight is 304 g/mol. The van der Waals surface area contributed by atoms with Crippen LogP contribution in [0.4, 0.5) is 0 Å². The molecule has 0 radical (unpaired) electrons. The Kier molecular flexibility index (Phi) is 6.58. The van der Waals surface area contributed by atoms with Crippen LogP contribution in [0.2, 0.25) is 5.02 Å². The minimum atomic E-state index is -0.166. The molecule has 0 aromatic carbocycles. The number of aryl methyl sites for hydroxylation is 1. The molecule has 0 fully saturated rings. The van der Waals surface area contributed by atoms with Gasteiger partial charge in [0.1, 0.15) is 0 Å². The summed E-state index contributed by atoms with van der Waals surface area (Å²) in [6, 6.07) is 0. The van der Waals surface area contributed by atoms with E-state index < -0.39 is 0 Å². The third kappa shape index (κ3) is 6.97. The number of rotatable bonds is 5. The van der Waals surface area contributed by atoms with Crippen molar-refractivity contribution < 1.29 is 4.79 Å². The molecule has 0 saturated heterocycles. The molecule has 19 heavy (non-hydrogen) atoms. The fourth-order valence-corrected chi connectivity index (χ4v) is 1.50. The van der Waals surface area contributed by atoms with Crippen LogP contribution in [0, 0.1) is 5.92 Å². The lowest BCUT2D eigenvalue weighted by Gasteiger charge is -2.12. The summed E-state index contributed by atoms with van der Waals surface area (Å²) in [6.07, 6.45) is 3.48. The van der Waals surface area contributed by atoms with E-state index in [9.17, 15) is 4.79 Å². The quantitative estimate of drug-likeness (QED) is 0.561. The molecule has 1 heterocycles. The summed E-state index contributed by atoms with van der Waals surface area (Å²) in [5.74, 6) is 0.320. The van der Waals surface area contributed by atoms with Crippen molar-refractivity contribution in [2.24, 2.45) is 5.92 Å². The molecule has 8 heteroatoms. The van der Waals surface area contributed by atoms with E-state index in [0.717, 1.165) is 6.54 Å². The van der Waals surface area contributed by atoms with Crippen molar-refractivity contribution in [2.45, 2.75) is 26.8 Å². The molecule has 0 aliphatic rings. The summed E-state index contributed by atoms with van der Waals surface area (Å²) >= 11 is 10.7. The highest BCUT2D eigenvalue weighted by molar-refractivity contribution is 7.80. The van der Waals surface area contributed by atoms with Gasteiger partial charge in [-0.25, -0.2) is 0 Å². The number of nitrogens with one attached hydrogen (secondary N) is 3. The maximum atomic E-state index is 11.5. The fourth-order valence-electron chi connectivity index (χ4n) is 1.21. The number of nitrogens with zero attached hydrogens (tertiary/aromatic N) is 2. The normalized spacial score (nSPS) is 10.3. The van der Waals surface area contributed by atoms with Gasteiger partial charge in [0, 0.05) is 25.7 Å². The maximum Gasteiger partial charge on any atom is 0.240 e. The zero-order valence-electron chi connectivity index (χ0n) is 10.9. The highest BCUT2D eigenvalue weighted by Crippen LogP contribution is 2.04. The van der Waals surface area contributed by atoms with Gasteiger partial charge in [-0.2, -0.15) is 5.10 Å². The van der Waals surface area contributed by atoms with Gasteiger partial charge in [0.2, 0.25) is 5.91 Å². The number of thiocarbonyl (C=S) groups is 1. The SMILES string of the molecule is CC(C)CNC(=S)NNC(=O)CCn1cc(Cl)cn1. The molecule has 1 rings (SSSR count). The Morgan fingerprint density at radius 3 is 2.84 bits per heavy atom. The lowest BCUT2D eigenvalue weighted by Crippen LogP contribution is -2.47. The third-order valence-corrected chi connectivity index (χ3v) is 2.60. The first-order valence-electron chi connectivity index (χ1n) is 5.98. The van der Waals surface area contributed by atoms with Gasteiger partial charge in [0.15, 0.2) is 5.11 Å². The van der Waals surface area contributed by atoms with Crippen LogP contribution in [0.3, 0.4) is 0 Å². The van der Waals surface area contributed by atoms with Crippen LogP contribution in [-0.4, -0.2) is 27.3 Å². The molecule has 3 N–H and O–H groups in total. The van der Waals surface area contributed by atoms with E-state index in [-0.39, 0.29) is 12.3 Å². The Bertz CT molecular complexity index is 434. The molecule has 0 spiro atoms. The Hall–Kier alpha value is -1.34. The van der Waals surface area contributed by atoms with Crippen LogP contribution in [0.1, 0.15) is 20.3 Å². The first-order chi connectivity index (χ1) is 8.97. The molecule has 106 valence electrons. The highest BCUT2D eigenvalue weighted by Gasteiger charge is 2.04. The Morgan fingerprint density at radius 2 is 2.26 bits per heavy atom. The van der Waals surface area contributed by atoms with Gasteiger partial charge in [-0.1, -0.05) is 25.4 Å². The van der Waals surface area contributed by atoms with Crippen molar-refractivity contribution in [1.82, 2.24) is 25.9 Å². The second-order valence-corrected chi connectivity index (χ2v) is 5.29. The molecule has 0 atom stereocenters. The van der Waals surface area contributed by atoms with Gasteiger partial charge in [-0.15, -0.1) is 0 Å². The van der Waals surface area contributed by atoms with Crippen molar-refractivity contribution in [1.29, 1.82) is 0 Å². The van der Waals surface area contributed by atoms with Crippen LogP contribution >= 0.6 is 23.8 Å². The van der Waals surface area contributed by atoms with Crippen molar-refractivity contribution in [3.8, 4) is 0 Å². The average Bonchev–Trinajstić information content (AvgIpc) is 2.77. The van der Waals surface area contributed by atoms with Crippen molar-refractivity contribution in [3.63, 3.8) is 0 Å². The lowest BCUT2D eigenvalue weighted by atomic mass is 10.2. The summed E-state index contributed by atoms with van der Waals surface area (Å²) in [4.78, 5) is 11.5. The van der Waals surface area contributed by atoms with Gasteiger partial charge >= 0.3 is 0 Å². The summed E-state index contributed by atoms with van der Waals surface area (Å²) in [5, 5.41) is 7.92. The Morgan fingerprint density at radius 1 is 1.53 bits per heavy atom. The molecular formula is C11H18ClN5OS. The van der Waals surface area contributed by atoms with E-state index in [1.807, 2.05) is 0 Å². The number of aromatic nitrogens is 2. The topological polar surface area (TPSA) is 71.0 Å². The monoisotopic (exact) mass is 303 g/mol. The van der Waals surface area contributed by atoms with E-state index in [1.54, 1.807) is 10.9 Å². The number of hydrogen-bond acceptors (Lipinski definition) is 3. The van der Waals surface area contributed by atoms with E-state index in [0.29, 0.717) is 22.6 Å². The standard InChI is InChI=1S/C11H18ClN5OS/c1-8(2)5-13-11(19)16-15-10(18)3-4-17-7-9(12)6-14-17/h6-8H,3-5H2,1-2H3,(H,15,18)(H2,13,16,19). The summed E-state index contributed by atoms with van der Waals surface area (Å²) in [7, 11) is 0. The second kappa shape index (κ2) is 7.96. The van der Waals surface area contributed by atoms with Gasteiger partial charge in [0.25, 0.3) is 0 Å². The minimum Gasteiger partial charge on any atom is -0.361 e. The van der Waals surface area contributed by atoms with Crippen LogP contribution in [0.5, 0.6) is 0 Å². The number of amides is 1. The Balaban J connectivity index is 2.15. The first kappa shape index (κ1) is 15.7. The van der Waals surface area contributed by atoms with Gasteiger partial charge in [0.05, 0.1) is 11.2 Å². The molecule has 0 aliphatic heterocycles. The minimum absolute atomic E-state index is 0.166. The number of carbonyl (C=O) groups excluding carboxylic acids is 1. The largest absolute Gasteiger partial charge is 0.361 e. The van der Waals surface area contributed by atoms with Crippen molar-refractivity contribution >= 4 is 34.8 Å². The summed E-state index contributed by atoms with van der Waals surface area (Å²) < 4.78 is 1.61. The van der Waals surface area contributed by atoms with Gasteiger partial charge in [-0.05, 0) is 18.1 Å². The second-order valence-electron chi connectivity index (χ2n) is 4.45. The lowest BCUT2D eigenvalue weighted by molar-refractivity contribution is -0.121. The first-order valence-corrected chi connectivity index (χ1v) is 6.76. The van der Waals surface area contributed by atoms with E-state index in [4.69, 9.17) is 23.8 Å². The number of hydrogen-bond donors (Lipinski definition) is 3. The van der Waals surface area contributed by atoms with Crippen LogP contribution in [-0.2, 0) is 11.3 Å². The van der Waals surface area contributed by atoms with Crippen LogP contribution in [0.15, 0.2) is 12.4 Å². The summed E-state index contributed by atoms with van der Waals surface area (Å²) in [6.45, 7) is 5.37. The highest BCUT2D eigenvalue weighted by atomic mass is 35.5. The molecule has 0 aliphatic carbocycles. The summed E-state index contributed by atoms with van der Waals surface area (Å²) in [5.41, 5.74) is 5.16. The van der Waals surface area contributed by atoms with Gasteiger partial charge < -0.3 is 5.32 Å². The van der Waals surface area contributed by atoms with Crippen LogP contribution in [0.25, 0.3) is 0 Å². The molecule has 1 amide bonds. The molecule has 0 saturated carbocycles. The zero-order chi connectivity index (χ0) is 14.3. The zero-order valence-corrected chi connectivity index (χ0v) is 12.5. The van der Waals surface area contributed by atoms with Crippen LogP contribution < -0.4 is 16.2 Å². The van der Waals surface area contributed by atoms with Gasteiger partial charge in [-0.3, -0.25) is 20.3 Å². The number of carbonyl (C=O) groups is 1. The Labute approximate surface area is 122 Å². The smallest absolute Gasteiger partial charge is 0.240 e. The van der Waals surface area contributed by atoms with E-state index in [1.165, 1.54) is 6.20 Å². The molecular weight excluding hydrogens is 286 g/mol. The predicted octanol–water partition coefficient (Wildman–Crippen LogP) is 1.08.